The largest absolute Gasteiger partial charge is 0.464 e. The summed E-state index contributed by atoms with van der Waals surface area (Å²) < 4.78 is 5.68. The second kappa shape index (κ2) is 8.28. The molecule has 7 heteroatoms. The zero-order valence-corrected chi connectivity index (χ0v) is 18.0. The molecule has 0 atom stereocenters. The smallest absolute Gasteiger partial charge is 0.230 e. The minimum absolute atomic E-state index is 0.116. The Kier molecular flexibility index (Phi) is 5.17. The first-order chi connectivity index (χ1) is 15.6. The quantitative estimate of drug-likeness (QED) is 0.358. The van der Waals surface area contributed by atoms with Gasteiger partial charge < -0.3 is 15.1 Å². The van der Waals surface area contributed by atoms with Gasteiger partial charge in [0.1, 0.15) is 5.58 Å². The number of furan rings is 1. The van der Waals surface area contributed by atoms with Crippen molar-refractivity contribution in [3.8, 4) is 11.3 Å². The van der Waals surface area contributed by atoms with Crippen LogP contribution >= 0.6 is 11.3 Å². The summed E-state index contributed by atoms with van der Waals surface area (Å²) in [6.07, 6.45) is 1.85. The monoisotopic (exact) mass is 441 g/mol. The average Bonchev–Trinajstić information content (AvgIpc) is 3.41. The summed E-state index contributed by atoms with van der Waals surface area (Å²) in [7, 11) is 0. The molecule has 0 fully saturated rings. The van der Waals surface area contributed by atoms with Crippen LogP contribution in [0.3, 0.4) is 0 Å². The molecule has 6 nitrogen and oxygen atoms in total. The van der Waals surface area contributed by atoms with Crippen LogP contribution in [0.4, 0.5) is 10.8 Å². The number of rotatable bonds is 5. The maximum atomic E-state index is 12.7. The van der Waals surface area contributed by atoms with Crippen LogP contribution in [0, 0.1) is 0 Å². The molecular formula is C25H19N3O3S. The van der Waals surface area contributed by atoms with Gasteiger partial charge in [0.2, 0.25) is 11.8 Å². The second-order valence-corrected chi connectivity index (χ2v) is 8.30. The van der Waals surface area contributed by atoms with E-state index in [4.69, 9.17) is 4.42 Å². The highest BCUT2D eigenvalue weighted by Crippen LogP contribution is 2.31. The maximum absolute atomic E-state index is 12.7. The molecule has 2 amide bonds. The van der Waals surface area contributed by atoms with E-state index in [2.05, 4.69) is 15.6 Å². The van der Waals surface area contributed by atoms with Gasteiger partial charge in [0, 0.05) is 34.5 Å². The lowest BCUT2D eigenvalue weighted by molar-refractivity contribution is -0.116. The second-order valence-electron chi connectivity index (χ2n) is 7.44. The molecule has 2 aromatic heterocycles. The molecular weight excluding hydrogens is 422 g/mol. The molecule has 158 valence electrons. The lowest BCUT2D eigenvalue weighted by Crippen LogP contribution is -2.14. The van der Waals surface area contributed by atoms with Gasteiger partial charge in [-0.3, -0.25) is 9.59 Å². The van der Waals surface area contributed by atoms with E-state index in [1.807, 2.05) is 66.0 Å². The minimum atomic E-state index is -0.150. The first-order valence-corrected chi connectivity index (χ1v) is 11.0. The highest BCUT2D eigenvalue weighted by molar-refractivity contribution is 7.14. The minimum Gasteiger partial charge on any atom is -0.464 e. The van der Waals surface area contributed by atoms with E-state index in [1.54, 1.807) is 6.26 Å². The fourth-order valence-corrected chi connectivity index (χ4v) is 4.47. The Morgan fingerprint density at radius 2 is 1.81 bits per heavy atom. The van der Waals surface area contributed by atoms with Gasteiger partial charge in [-0.2, -0.15) is 0 Å². The van der Waals surface area contributed by atoms with Crippen LogP contribution in [-0.2, 0) is 16.0 Å². The first kappa shape index (κ1) is 20.0. The van der Waals surface area contributed by atoms with Crippen LogP contribution in [0.15, 0.2) is 76.7 Å². The maximum Gasteiger partial charge on any atom is 0.230 e. The summed E-state index contributed by atoms with van der Waals surface area (Å²) in [5.74, 6) is -0.266. The molecule has 0 aliphatic rings. The summed E-state index contributed by atoms with van der Waals surface area (Å²) in [5, 5.41) is 11.2. The fourth-order valence-electron chi connectivity index (χ4n) is 3.73. The van der Waals surface area contributed by atoms with Gasteiger partial charge in [0.15, 0.2) is 5.13 Å². The SMILES string of the molecule is CC(=O)Nc1ccc(-c2csc(NC(=O)Cc3coc4ccc5ccccc5c34)n2)cc1. The summed E-state index contributed by atoms with van der Waals surface area (Å²) in [4.78, 5) is 28.4. The third-order valence-electron chi connectivity index (χ3n) is 5.14. The molecule has 0 bridgehead atoms. The summed E-state index contributed by atoms with van der Waals surface area (Å²) in [5.41, 5.74) is 4.01. The average molecular weight is 442 g/mol. The van der Waals surface area contributed by atoms with Crippen LogP contribution in [0.5, 0.6) is 0 Å². The zero-order chi connectivity index (χ0) is 22.1. The molecule has 0 spiro atoms. The number of nitrogens with zero attached hydrogens (tertiary/aromatic N) is 1. The number of anilines is 2. The van der Waals surface area contributed by atoms with E-state index in [0.717, 1.165) is 44.2 Å². The van der Waals surface area contributed by atoms with Gasteiger partial charge in [0.25, 0.3) is 0 Å². The molecule has 32 heavy (non-hydrogen) atoms. The van der Waals surface area contributed by atoms with Gasteiger partial charge in [-0.05, 0) is 29.0 Å². The van der Waals surface area contributed by atoms with Crippen LogP contribution in [0.25, 0.3) is 33.0 Å². The van der Waals surface area contributed by atoms with Gasteiger partial charge in [-0.1, -0.05) is 42.5 Å². The van der Waals surface area contributed by atoms with Crippen LogP contribution in [0.1, 0.15) is 12.5 Å². The van der Waals surface area contributed by atoms with Crippen molar-refractivity contribution in [1.82, 2.24) is 4.98 Å². The van der Waals surface area contributed by atoms with E-state index in [0.29, 0.717) is 5.13 Å². The molecule has 0 unspecified atom stereocenters. The van der Waals surface area contributed by atoms with E-state index in [1.165, 1.54) is 18.3 Å². The number of benzene rings is 3. The molecule has 0 radical (unpaired) electrons. The highest BCUT2D eigenvalue weighted by Gasteiger charge is 2.15. The number of fused-ring (bicyclic) bond motifs is 3. The molecule has 2 heterocycles. The van der Waals surface area contributed by atoms with Crippen LogP contribution < -0.4 is 10.6 Å². The van der Waals surface area contributed by atoms with Crippen molar-refractivity contribution in [1.29, 1.82) is 0 Å². The van der Waals surface area contributed by atoms with Crippen molar-refractivity contribution < 1.29 is 14.0 Å². The number of nitrogens with one attached hydrogen (secondary N) is 2. The summed E-state index contributed by atoms with van der Waals surface area (Å²) in [6.45, 7) is 1.47. The number of hydrogen-bond acceptors (Lipinski definition) is 5. The number of amides is 2. The van der Waals surface area contributed by atoms with E-state index < -0.39 is 0 Å². The van der Waals surface area contributed by atoms with Crippen molar-refractivity contribution in [2.75, 3.05) is 10.6 Å². The predicted molar refractivity (Wildman–Crippen MR) is 128 cm³/mol. The van der Waals surface area contributed by atoms with Gasteiger partial charge in [-0.25, -0.2) is 4.98 Å². The molecule has 0 aliphatic carbocycles. The van der Waals surface area contributed by atoms with Crippen LogP contribution in [-0.4, -0.2) is 16.8 Å². The topological polar surface area (TPSA) is 84.2 Å². The standard InChI is InChI=1S/C25H19N3O3S/c1-15(29)26-19-9-6-17(7-10-19)21-14-32-25(27-21)28-23(30)12-18-13-31-22-11-8-16-4-2-3-5-20(16)24(18)22/h2-11,13-14H,12H2,1H3,(H,26,29)(H,27,28,30). The Balaban J connectivity index is 1.32. The van der Waals surface area contributed by atoms with Crippen LogP contribution in [0.2, 0.25) is 0 Å². The molecule has 0 saturated carbocycles. The van der Waals surface area contributed by atoms with Crippen molar-refractivity contribution in [2.45, 2.75) is 13.3 Å². The normalized spacial score (nSPS) is 11.0. The van der Waals surface area contributed by atoms with Gasteiger partial charge in [-0.15, -0.1) is 11.3 Å². The molecule has 2 N–H and O–H groups in total. The fraction of sp³-hybridized carbons (Fsp3) is 0.0800. The Hall–Kier alpha value is -3.97. The Labute approximate surface area is 187 Å². The lowest BCUT2D eigenvalue weighted by Gasteiger charge is -2.04. The molecule has 5 aromatic rings. The Morgan fingerprint density at radius 3 is 2.62 bits per heavy atom. The lowest BCUT2D eigenvalue weighted by atomic mass is 10.0. The number of thiazole rings is 1. The first-order valence-electron chi connectivity index (χ1n) is 10.1. The van der Waals surface area contributed by atoms with Crippen molar-refractivity contribution >= 4 is 55.7 Å². The molecule has 0 aliphatic heterocycles. The third kappa shape index (κ3) is 3.98. The van der Waals surface area contributed by atoms with Gasteiger partial charge >= 0.3 is 0 Å². The predicted octanol–water partition coefficient (Wildman–Crippen LogP) is 5.85. The third-order valence-corrected chi connectivity index (χ3v) is 5.90. The molecule has 5 rings (SSSR count). The highest BCUT2D eigenvalue weighted by atomic mass is 32.1. The Bertz CT molecular complexity index is 1450. The zero-order valence-electron chi connectivity index (χ0n) is 17.2. The van der Waals surface area contributed by atoms with Crippen molar-refractivity contribution in [2.24, 2.45) is 0 Å². The van der Waals surface area contributed by atoms with E-state index >= 15 is 0 Å². The van der Waals surface area contributed by atoms with E-state index in [-0.39, 0.29) is 18.2 Å². The van der Waals surface area contributed by atoms with Gasteiger partial charge in [0.05, 0.1) is 18.4 Å². The van der Waals surface area contributed by atoms with Crippen molar-refractivity contribution in [3.05, 3.63) is 77.9 Å². The number of hydrogen-bond donors (Lipinski definition) is 2. The Morgan fingerprint density at radius 1 is 1.00 bits per heavy atom. The number of aromatic nitrogens is 1. The number of carbonyl (C=O) groups is 2. The molecule has 3 aromatic carbocycles. The number of carbonyl (C=O) groups excluding carboxylic acids is 2. The summed E-state index contributed by atoms with van der Waals surface area (Å²) >= 11 is 1.37. The van der Waals surface area contributed by atoms with E-state index in [9.17, 15) is 9.59 Å². The molecule has 0 saturated heterocycles. The van der Waals surface area contributed by atoms with Crippen molar-refractivity contribution in [3.63, 3.8) is 0 Å². The summed E-state index contributed by atoms with van der Waals surface area (Å²) in [6, 6.07) is 19.4.